The number of hydrogen-bond acceptors (Lipinski definition) is 3. The standard InChI is InChI=1S/C10H15NO3/c1-2-9(12)11-7-5-3-4-6-8(7)14-10(11)13/h7-8H,2-6H2,1H3/t7-,8-/m1/s1. The van der Waals surface area contributed by atoms with E-state index in [1.165, 1.54) is 4.90 Å². The number of nitrogens with zero attached hydrogens (tertiary/aromatic N) is 1. The van der Waals surface area contributed by atoms with Crippen LogP contribution in [0.15, 0.2) is 0 Å². The second-order valence-electron chi connectivity index (χ2n) is 3.89. The maximum absolute atomic E-state index is 11.5. The van der Waals surface area contributed by atoms with Crippen LogP contribution in [0.5, 0.6) is 0 Å². The number of imide groups is 1. The molecule has 4 nitrogen and oxygen atoms in total. The Labute approximate surface area is 83.2 Å². The first kappa shape index (κ1) is 9.49. The van der Waals surface area contributed by atoms with Crippen LogP contribution in [-0.2, 0) is 9.53 Å². The van der Waals surface area contributed by atoms with E-state index >= 15 is 0 Å². The highest BCUT2D eigenvalue weighted by Crippen LogP contribution is 2.31. The number of ether oxygens (including phenoxy) is 1. The lowest BCUT2D eigenvalue weighted by atomic mass is 9.92. The van der Waals surface area contributed by atoms with Crippen LogP contribution in [0.25, 0.3) is 0 Å². The Kier molecular flexibility index (Phi) is 2.44. The van der Waals surface area contributed by atoms with Gasteiger partial charge in [-0.2, -0.15) is 0 Å². The van der Waals surface area contributed by atoms with E-state index in [1.54, 1.807) is 6.92 Å². The van der Waals surface area contributed by atoms with Gasteiger partial charge in [-0.25, -0.2) is 9.69 Å². The fourth-order valence-electron chi connectivity index (χ4n) is 2.29. The van der Waals surface area contributed by atoms with Gasteiger partial charge >= 0.3 is 6.09 Å². The normalized spacial score (nSPS) is 31.2. The van der Waals surface area contributed by atoms with Crippen LogP contribution in [0.1, 0.15) is 39.0 Å². The second kappa shape index (κ2) is 3.59. The maximum atomic E-state index is 11.5. The maximum Gasteiger partial charge on any atom is 0.417 e. The third-order valence-electron chi connectivity index (χ3n) is 3.02. The Bertz CT molecular complexity index is 264. The molecule has 2 aliphatic rings. The van der Waals surface area contributed by atoms with Gasteiger partial charge in [0.1, 0.15) is 6.10 Å². The summed E-state index contributed by atoms with van der Waals surface area (Å²) in [4.78, 5) is 24.3. The lowest BCUT2D eigenvalue weighted by Crippen LogP contribution is -2.42. The smallest absolute Gasteiger partial charge is 0.417 e. The Morgan fingerprint density at radius 1 is 1.50 bits per heavy atom. The summed E-state index contributed by atoms with van der Waals surface area (Å²) in [6, 6.07) is 0.0173. The first-order valence-corrected chi connectivity index (χ1v) is 5.26. The molecule has 14 heavy (non-hydrogen) atoms. The van der Waals surface area contributed by atoms with E-state index in [9.17, 15) is 9.59 Å². The van der Waals surface area contributed by atoms with E-state index in [4.69, 9.17) is 4.74 Å². The van der Waals surface area contributed by atoms with Crippen molar-refractivity contribution >= 4 is 12.0 Å². The third-order valence-corrected chi connectivity index (χ3v) is 3.02. The molecule has 0 aromatic rings. The van der Waals surface area contributed by atoms with E-state index in [-0.39, 0.29) is 18.1 Å². The monoisotopic (exact) mass is 197 g/mol. The summed E-state index contributed by atoms with van der Waals surface area (Å²) in [5, 5.41) is 0. The molecule has 0 N–H and O–H groups in total. The minimum Gasteiger partial charge on any atom is -0.444 e. The Morgan fingerprint density at radius 3 is 2.93 bits per heavy atom. The molecule has 4 heteroatoms. The molecular weight excluding hydrogens is 182 g/mol. The van der Waals surface area contributed by atoms with Crippen LogP contribution in [0.4, 0.5) is 4.79 Å². The minimum atomic E-state index is -0.436. The molecule has 0 unspecified atom stereocenters. The minimum absolute atomic E-state index is 0.0173. The number of carbonyl (C=O) groups is 2. The summed E-state index contributed by atoms with van der Waals surface area (Å²) in [7, 11) is 0. The van der Waals surface area contributed by atoms with Gasteiger partial charge in [0.15, 0.2) is 0 Å². The van der Waals surface area contributed by atoms with Gasteiger partial charge in [-0.05, 0) is 19.3 Å². The summed E-state index contributed by atoms with van der Waals surface area (Å²) < 4.78 is 5.17. The molecule has 0 aromatic heterocycles. The number of carbonyl (C=O) groups excluding carboxylic acids is 2. The molecule has 2 amide bonds. The van der Waals surface area contributed by atoms with Crippen LogP contribution in [0, 0.1) is 0 Å². The van der Waals surface area contributed by atoms with Gasteiger partial charge in [0.25, 0.3) is 0 Å². The van der Waals surface area contributed by atoms with Gasteiger partial charge in [-0.3, -0.25) is 4.79 Å². The molecule has 1 aliphatic carbocycles. The SMILES string of the molecule is CCC(=O)N1C(=O)O[C@@H]2CCCC[C@H]21. The summed E-state index contributed by atoms with van der Waals surface area (Å²) in [5.41, 5.74) is 0. The van der Waals surface area contributed by atoms with Crippen molar-refractivity contribution in [3.63, 3.8) is 0 Å². The zero-order valence-electron chi connectivity index (χ0n) is 8.36. The van der Waals surface area contributed by atoms with Gasteiger partial charge < -0.3 is 4.74 Å². The fourth-order valence-corrected chi connectivity index (χ4v) is 2.29. The van der Waals surface area contributed by atoms with Gasteiger partial charge in [-0.15, -0.1) is 0 Å². The van der Waals surface area contributed by atoms with Gasteiger partial charge in [0, 0.05) is 6.42 Å². The molecule has 1 aliphatic heterocycles. The van der Waals surface area contributed by atoms with Crippen LogP contribution in [-0.4, -0.2) is 29.0 Å². The lowest BCUT2D eigenvalue weighted by molar-refractivity contribution is -0.129. The molecule has 2 rings (SSSR count). The third kappa shape index (κ3) is 1.38. The topological polar surface area (TPSA) is 46.6 Å². The first-order chi connectivity index (χ1) is 6.74. The average Bonchev–Trinajstić information content (AvgIpc) is 2.53. The number of rotatable bonds is 1. The summed E-state index contributed by atoms with van der Waals surface area (Å²) in [6.07, 6.45) is 3.90. The highest BCUT2D eigenvalue weighted by Gasteiger charge is 2.45. The molecule has 1 heterocycles. The Hall–Kier alpha value is -1.06. The molecule has 2 fully saturated rings. The summed E-state index contributed by atoms with van der Waals surface area (Å²) >= 11 is 0. The van der Waals surface area contributed by atoms with Crippen molar-refractivity contribution in [2.24, 2.45) is 0 Å². The van der Waals surface area contributed by atoms with E-state index in [0.29, 0.717) is 6.42 Å². The first-order valence-electron chi connectivity index (χ1n) is 5.26. The van der Waals surface area contributed by atoms with Crippen molar-refractivity contribution in [2.45, 2.75) is 51.2 Å². The predicted molar refractivity (Wildman–Crippen MR) is 49.7 cm³/mol. The van der Waals surface area contributed by atoms with Crippen molar-refractivity contribution in [1.29, 1.82) is 0 Å². The quantitative estimate of drug-likeness (QED) is 0.642. The van der Waals surface area contributed by atoms with Crippen LogP contribution in [0.3, 0.4) is 0 Å². The number of fused-ring (bicyclic) bond motifs is 1. The summed E-state index contributed by atoms with van der Waals surface area (Å²) in [6.45, 7) is 1.77. The van der Waals surface area contributed by atoms with Crippen LogP contribution in [0.2, 0.25) is 0 Å². The van der Waals surface area contributed by atoms with Crippen molar-refractivity contribution in [3.05, 3.63) is 0 Å². The molecule has 1 saturated carbocycles. The fraction of sp³-hybridized carbons (Fsp3) is 0.800. The highest BCUT2D eigenvalue weighted by molar-refractivity contribution is 5.93. The molecule has 78 valence electrons. The van der Waals surface area contributed by atoms with Crippen molar-refractivity contribution < 1.29 is 14.3 Å². The van der Waals surface area contributed by atoms with E-state index < -0.39 is 6.09 Å². The lowest BCUT2D eigenvalue weighted by Gasteiger charge is -2.26. The molecule has 0 spiro atoms. The molecular formula is C10H15NO3. The zero-order chi connectivity index (χ0) is 10.1. The number of amides is 2. The Morgan fingerprint density at radius 2 is 2.21 bits per heavy atom. The predicted octanol–water partition coefficient (Wildman–Crippen LogP) is 1.69. The van der Waals surface area contributed by atoms with Crippen LogP contribution < -0.4 is 0 Å². The van der Waals surface area contributed by atoms with Gasteiger partial charge in [0.05, 0.1) is 6.04 Å². The molecule has 0 bridgehead atoms. The van der Waals surface area contributed by atoms with Crippen molar-refractivity contribution in [3.8, 4) is 0 Å². The summed E-state index contributed by atoms with van der Waals surface area (Å²) in [5.74, 6) is -0.107. The molecule has 0 radical (unpaired) electrons. The molecule has 0 aromatic carbocycles. The van der Waals surface area contributed by atoms with Gasteiger partial charge in [-0.1, -0.05) is 13.3 Å². The van der Waals surface area contributed by atoms with Crippen molar-refractivity contribution in [2.75, 3.05) is 0 Å². The van der Waals surface area contributed by atoms with E-state index in [1.807, 2.05) is 0 Å². The van der Waals surface area contributed by atoms with Gasteiger partial charge in [0.2, 0.25) is 5.91 Å². The highest BCUT2D eigenvalue weighted by atomic mass is 16.6. The second-order valence-corrected chi connectivity index (χ2v) is 3.89. The van der Waals surface area contributed by atoms with Crippen molar-refractivity contribution in [1.82, 2.24) is 4.90 Å². The zero-order valence-corrected chi connectivity index (χ0v) is 8.36. The van der Waals surface area contributed by atoms with Crippen LogP contribution >= 0.6 is 0 Å². The average molecular weight is 197 g/mol. The van der Waals surface area contributed by atoms with E-state index in [0.717, 1.165) is 25.7 Å². The molecule has 2 atom stereocenters. The molecule has 1 saturated heterocycles. The van der Waals surface area contributed by atoms with E-state index in [2.05, 4.69) is 0 Å². The Balaban J connectivity index is 2.15. The number of hydrogen-bond donors (Lipinski definition) is 0. The largest absolute Gasteiger partial charge is 0.444 e.